The fraction of sp³-hybridized carbons (Fsp3) is 0.429. The Bertz CT molecular complexity index is 889. The van der Waals surface area contributed by atoms with E-state index in [4.69, 9.17) is 14.2 Å². The van der Waals surface area contributed by atoms with Crippen LogP contribution < -0.4 is 5.32 Å². The van der Waals surface area contributed by atoms with Crippen LogP contribution in [0.1, 0.15) is 39.2 Å². The maximum absolute atomic E-state index is 12.9. The molecule has 30 heavy (non-hydrogen) atoms. The molecule has 1 unspecified atom stereocenters. The van der Waals surface area contributed by atoms with Crippen LogP contribution in [0.25, 0.3) is 0 Å². The van der Waals surface area contributed by atoms with Gasteiger partial charge in [-0.25, -0.2) is 9.59 Å². The molecule has 1 aliphatic heterocycles. The molecule has 9 nitrogen and oxygen atoms in total. The number of carbonyl (C=O) groups excluding carboxylic acids is 2. The van der Waals surface area contributed by atoms with Crippen molar-refractivity contribution in [3.05, 3.63) is 62.5 Å². The summed E-state index contributed by atoms with van der Waals surface area (Å²) in [7, 11) is 0. The van der Waals surface area contributed by atoms with E-state index in [1.54, 1.807) is 26.8 Å². The zero-order valence-corrected chi connectivity index (χ0v) is 17.5. The van der Waals surface area contributed by atoms with Gasteiger partial charge in [0.05, 0.1) is 47.5 Å². The number of nitrogens with one attached hydrogen (secondary N) is 1. The Balaban J connectivity index is 2.73. The summed E-state index contributed by atoms with van der Waals surface area (Å²) in [5.41, 5.74) is 1.54. The van der Waals surface area contributed by atoms with E-state index in [-0.39, 0.29) is 36.7 Å². The third-order valence-electron chi connectivity index (χ3n) is 4.50. The second-order valence-electron chi connectivity index (χ2n) is 6.42. The van der Waals surface area contributed by atoms with E-state index in [1.165, 1.54) is 18.2 Å². The van der Waals surface area contributed by atoms with Crippen molar-refractivity contribution in [2.45, 2.75) is 33.6 Å². The van der Waals surface area contributed by atoms with Crippen molar-refractivity contribution in [2.24, 2.45) is 0 Å². The van der Waals surface area contributed by atoms with E-state index in [9.17, 15) is 19.7 Å². The zero-order chi connectivity index (χ0) is 22.3. The standard InChI is InChI=1S/C21H26N2O7/c1-5-28-12-16-19(21(25)30-7-3)18(14-9-8-10-15(11-14)23(26)27)17(13(4)22-16)20(24)29-6-2/h8-11,18,22H,5-7,12H2,1-4H3. The number of ether oxygens (including phenoxy) is 3. The molecule has 0 saturated carbocycles. The van der Waals surface area contributed by atoms with Gasteiger partial charge in [0.15, 0.2) is 0 Å². The summed E-state index contributed by atoms with van der Waals surface area (Å²) in [5.74, 6) is -2.15. The molecule has 1 aliphatic rings. The molecule has 2 rings (SSSR count). The summed E-state index contributed by atoms with van der Waals surface area (Å²) in [6, 6.07) is 5.84. The molecular weight excluding hydrogens is 392 g/mol. The van der Waals surface area contributed by atoms with Crippen molar-refractivity contribution >= 4 is 17.6 Å². The van der Waals surface area contributed by atoms with Crippen molar-refractivity contribution < 1.29 is 28.7 Å². The maximum Gasteiger partial charge on any atom is 0.336 e. The number of non-ortho nitro benzene ring substituents is 1. The minimum Gasteiger partial charge on any atom is -0.463 e. The van der Waals surface area contributed by atoms with Crippen LogP contribution in [0.3, 0.4) is 0 Å². The lowest BCUT2D eigenvalue weighted by Gasteiger charge is -2.31. The number of esters is 2. The Morgan fingerprint density at radius 3 is 2.27 bits per heavy atom. The van der Waals surface area contributed by atoms with Crippen LogP contribution in [0.4, 0.5) is 5.69 Å². The SMILES string of the molecule is CCOCC1=C(C(=O)OCC)C(c2cccc([N+](=O)[O-])c2)C(C(=O)OCC)=C(C)N1. The van der Waals surface area contributed by atoms with E-state index in [0.29, 0.717) is 23.6 Å². The summed E-state index contributed by atoms with van der Waals surface area (Å²) < 4.78 is 15.9. The number of benzene rings is 1. The number of rotatable bonds is 9. The van der Waals surface area contributed by atoms with E-state index < -0.39 is 22.8 Å². The topological polar surface area (TPSA) is 117 Å². The van der Waals surface area contributed by atoms with Crippen molar-refractivity contribution in [3.63, 3.8) is 0 Å². The van der Waals surface area contributed by atoms with Gasteiger partial charge >= 0.3 is 11.9 Å². The second-order valence-corrected chi connectivity index (χ2v) is 6.42. The quantitative estimate of drug-likeness (QED) is 0.369. The Hall–Kier alpha value is -3.20. The highest BCUT2D eigenvalue weighted by Crippen LogP contribution is 2.40. The van der Waals surface area contributed by atoms with Crippen LogP contribution in [-0.4, -0.2) is 43.3 Å². The largest absolute Gasteiger partial charge is 0.463 e. The molecule has 1 N–H and O–H groups in total. The fourth-order valence-corrected chi connectivity index (χ4v) is 3.29. The highest BCUT2D eigenvalue weighted by atomic mass is 16.6. The molecule has 0 saturated heterocycles. The molecule has 162 valence electrons. The molecule has 1 heterocycles. The molecule has 1 aromatic carbocycles. The summed E-state index contributed by atoms with van der Waals surface area (Å²) in [6.45, 7) is 7.62. The first-order chi connectivity index (χ1) is 14.3. The van der Waals surface area contributed by atoms with Gasteiger partial charge in [-0.15, -0.1) is 0 Å². The average molecular weight is 418 g/mol. The van der Waals surface area contributed by atoms with Gasteiger partial charge in [0.25, 0.3) is 5.69 Å². The normalized spacial score (nSPS) is 16.2. The van der Waals surface area contributed by atoms with Gasteiger partial charge in [-0.1, -0.05) is 12.1 Å². The molecule has 0 fully saturated rings. The van der Waals surface area contributed by atoms with Crippen LogP contribution >= 0.6 is 0 Å². The number of allylic oxidation sites excluding steroid dienone is 1. The van der Waals surface area contributed by atoms with E-state index in [1.807, 2.05) is 6.92 Å². The number of nitro groups is 1. The first-order valence-corrected chi connectivity index (χ1v) is 9.72. The fourth-order valence-electron chi connectivity index (χ4n) is 3.29. The number of nitro benzene ring substituents is 1. The number of carbonyl (C=O) groups is 2. The molecule has 0 radical (unpaired) electrons. The second kappa shape index (κ2) is 10.5. The molecule has 0 amide bonds. The number of hydrogen-bond acceptors (Lipinski definition) is 8. The molecule has 0 spiro atoms. The van der Waals surface area contributed by atoms with E-state index >= 15 is 0 Å². The molecule has 1 aromatic rings. The number of hydrogen-bond donors (Lipinski definition) is 1. The van der Waals surface area contributed by atoms with Crippen LogP contribution in [-0.2, 0) is 23.8 Å². The van der Waals surface area contributed by atoms with Crippen LogP contribution in [0.2, 0.25) is 0 Å². The summed E-state index contributed by atoms with van der Waals surface area (Å²) in [5, 5.41) is 14.4. The van der Waals surface area contributed by atoms with Gasteiger partial charge in [0, 0.05) is 24.4 Å². The van der Waals surface area contributed by atoms with Gasteiger partial charge in [-0.2, -0.15) is 0 Å². The van der Waals surface area contributed by atoms with Crippen LogP contribution in [0.5, 0.6) is 0 Å². The minimum atomic E-state index is -0.903. The Kier molecular flexibility index (Phi) is 8.11. The molecular formula is C21H26N2O7. The predicted octanol–water partition coefficient (Wildman–Crippen LogP) is 2.97. The van der Waals surface area contributed by atoms with Gasteiger partial charge < -0.3 is 19.5 Å². The Morgan fingerprint density at radius 1 is 1.07 bits per heavy atom. The zero-order valence-electron chi connectivity index (χ0n) is 17.5. The average Bonchev–Trinajstić information content (AvgIpc) is 2.71. The van der Waals surface area contributed by atoms with Gasteiger partial charge in [0.1, 0.15) is 0 Å². The van der Waals surface area contributed by atoms with Gasteiger partial charge in [-0.3, -0.25) is 10.1 Å². The monoisotopic (exact) mass is 418 g/mol. The molecule has 1 atom stereocenters. The lowest BCUT2D eigenvalue weighted by atomic mass is 9.80. The predicted molar refractivity (Wildman–Crippen MR) is 108 cm³/mol. The number of nitrogens with zero attached hydrogens (tertiary/aromatic N) is 1. The van der Waals surface area contributed by atoms with E-state index in [0.717, 1.165) is 0 Å². The first kappa shape index (κ1) is 23.1. The third-order valence-corrected chi connectivity index (χ3v) is 4.50. The first-order valence-electron chi connectivity index (χ1n) is 9.72. The molecule has 0 aliphatic carbocycles. The van der Waals surface area contributed by atoms with Crippen molar-refractivity contribution in [1.29, 1.82) is 0 Å². The smallest absolute Gasteiger partial charge is 0.336 e. The highest BCUT2D eigenvalue weighted by molar-refractivity contribution is 6.00. The minimum absolute atomic E-state index is 0.0868. The van der Waals surface area contributed by atoms with E-state index in [2.05, 4.69) is 5.32 Å². The lowest BCUT2D eigenvalue weighted by molar-refractivity contribution is -0.384. The highest BCUT2D eigenvalue weighted by Gasteiger charge is 2.39. The number of dihydropyridines is 1. The third kappa shape index (κ3) is 5.04. The van der Waals surface area contributed by atoms with Crippen LogP contribution in [0.15, 0.2) is 46.8 Å². The summed E-state index contributed by atoms with van der Waals surface area (Å²) in [6.07, 6.45) is 0. The summed E-state index contributed by atoms with van der Waals surface area (Å²) >= 11 is 0. The Labute approximate surface area is 174 Å². The van der Waals surface area contributed by atoms with Crippen LogP contribution in [0, 0.1) is 10.1 Å². The van der Waals surface area contributed by atoms with Crippen molar-refractivity contribution in [1.82, 2.24) is 5.32 Å². The molecule has 0 aromatic heterocycles. The molecule has 9 heteroatoms. The van der Waals surface area contributed by atoms with Crippen molar-refractivity contribution in [2.75, 3.05) is 26.4 Å². The molecule has 0 bridgehead atoms. The lowest BCUT2D eigenvalue weighted by Crippen LogP contribution is -2.35. The Morgan fingerprint density at radius 2 is 1.70 bits per heavy atom. The maximum atomic E-state index is 12.9. The van der Waals surface area contributed by atoms with Gasteiger partial charge in [0.2, 0.25) is 0 Å². The summed E-state index contributed by atoms with van der Waals surface area (Å²) in [4.78, 5) is 36.5. The van der Waals surface area contributed by atoms with Crippen molar-refractivity contribution in [3.8, 4) is 0 Å². The van der Waals surface area contributed by atoms with Gasteiger partial charge in [-0.05, 0) is 33.3 Å².